The summed E-state index contributed by atoms with van der Waals surface area (Å²) in [4.78, 5) is 13.7. The van der Waals surface area contributed by atoms with E-state index in [1.165, 1.54) is 10.7 Å². The lowest BCUT2D eigenvalue weighted by Crippen LogP contribution is -2.50. The Hall–Kier alpha value is -3.64. The topological polar surface area (TPSA) is 141 Å². The van der Waals surface area contributed by atoms with Crippen molar-refractivity contribution in [2.24, 2.45) is 0 Å². The number of hydrogen-bond donors (Lipinski definition) is 3. The number of nitrogens with zero attached hydrogens (tertiary/aromatic N) is 8. The van der Waals surface area contributed by atoms with Crippen LogP contribution in [0.1, 0.15) is 44.2 Å². The molecular weight excluding hydrogens is 492 g/mol. The molecule has 2 atom stereocenters. The summed E-state index contributed by atoms with van der Waals surface area (Å²) in [6.45, 7) is 5.89. The summed E-state index contributed by atoms with van der Waals surface area (Å²) in [5.74, 6) is 0.753. The number of halogens is 1. The molecule has 6 rings (SSSR count). The number of benzene rings is 1. The minimum absolute atomic E-state index is 0.249. The van der Waals surface area contributed by atoms with Crippen LogP contribution in [0.4, 0.5) is 23.3 Å². The maximum atomic E-state index is 10.3. The molecule has 11 nitrogen and oxygen atoms in total. The Labute approximate surface area is 219 Å². The summed E-state index contributed by atoms with van der Waals surface area (Å²) in [6.07, 6.45) is 4.55. The summed E-state index contributed by atoms with van der Waals surface area (Å²) < 4.78 is 1.53. The monoisotopic (exact) mass is 518 g/mol. The molecule has 12 heteroatoms. The van der Waals surface area contributed by atoms with E-state index in [0.29, 0.717) is 52.1 Å². The van der Waals surface area contributed by atoms with Gasteiger partial charge >= 0.3 is 0 Å². The normalized spacial score (nSPS) is 21.3. The predicted octanol–water partition coefficient (Wildman–Crippen LogP) is 2.87. The Morgan fingerprint density at radius 2 is 1.97 bits per heavy atom. The van der Waals surface area contributed by atoms with Gasteiger partial charge in [-0.2, -0.15) is 30.1 Å². The molecule has 2 saturated heterocycles. The van der Waals surface area contributed by atoms with Crippen molar-refractivity contribution in [3.8, 4) is 12.1 Å². The first-order valence-electron chi connectivity index (χ1n) is 12.4. The smallest absolute Gasteiger partial charge is 0.232 e. The molecule has 0 unspecified atom stereocenters. The second-order valence-corrected chi connectivity index (χ2v) is 11.1. The number of β-amino-alcohol motifs (C(OH)–C–C–N with tert-alkyl or cyclic N) is 1. The first-order valence-corrected chi connectivity index (χ1v) is 12.8. The van der Waals surface area contributed by atoms with Crippen molar-refractivity contribution in [2.45, 2.75) is 56.8 Å². The zero-order valence-corrected chi connectivity index (χ0v) is 21.4. The highest BCUT2D eigenvalue weighted by atomic mass is 35.5. The van der Waals surface area contributed by atoms with E-state index in [2.05, 4.69) is 47.6 Å². The number of nitrogens with one attached hydrogen (secondary N) is 2. The van der Waals surface area contributed by atoms with E-state index in [4.69, 9.17) is 11.6 Å². The molecule has 3 aliphatic rings. The van der Waals surface area contributed by atoms with Crippen molar-refractivity contribution < 1.29 is 5.11 Å². The molecule has 190 valence electrons. The number of likely N-dealkylation sites (tertiary alicyclic amines) is 1. The minimum atomic E-state index is -0.750. The first kappa shape index (κ1) is 23.7. The lowest BCUT2D eigenvalue weighted by Gasteiger charge is -2.38. The van der Waals surface area contributed by atoms with Gasteiger partial charge in [-0.05, 0) is 45.2 Å². The molecule has 4 heterocycles. The molecule has 1 saturated carbocycles. The predicted molar refractivity (Wildman–Crippen MR) is 139 cm³/mol. The van der Waals surface area contributed by atoms with Gasteiger partial charge in [0.25, 0.3) is 0 Å². The molecule has 1 aromatic carbocycles. The number of anilines is 4. The van der Waals surface area contributed by atoms with Crippen LogP contribution in [-0.4, -0.2) is 72.9 Å². The maximum Gasteiger partial charge on any atom is 0.232 e. The summed E-state index contributed by atoms with van der Waals surface area (Å²) in [5.41, 5.74) is 1.76. The second-order valence-electron chi connectivity index (χ2n) is 10.7. The van der Waals surface area contributed by atoms with Crippen LogP contribution < -0.4 is 15.5 Å². The number of hydrogen-bond acceptors (Lipinski definition) is 10. The Balaban J connectivity index is 1.32. The SMILES string of the molecule is CC(C)(O)CN1C[C@@H]2C[C@H]1CN2c1cc(C#N)cc(Nc2nc(NC3CC3)n3ncc(C#N)c3n2)c1Cl. The fraction of sp³-hybridized carbons (Fsp3) is 0.480. The van der Waals surface area contributed by atoms with Crippen molar-refractivity contribution in [1.29, 1.82) is 10.5 Å². The molecule has 3 N–H and O–H groups in total. The molecule has 0 spiro atoms. The third-order valence-corrected chi connectivity index (χ3v) is 7.48. The summed E-state index contributed by atoms with van der Waals surface area (Å²) in [5, 5.41) is 40.8. The molecule has 0 radical (unpaired) electrons. The highest BCUT2D eigenvalue weighted by Gasteiger charge is 2.45. The first-order chi connectivity index (χ1) is 17.7. The van der Waals surface area contributed by atoms with Crippen molar-refractivity contribution >= 4 is 40.5 Å². The third kappa shape index (κ3) is 4.51. The Morgan fingerprint density at radius 3 is 2.62 bits per heavy atom. The third-order valence-electron chi connectivity index (χ3n) is 7.08. The molecule has 3 fully saturated rings. The van der Waals surface area contributed by atoms with Gasteiger partial charge in [0.05, 0.1) is 39.8 Å². The number of piperazine rings is 1. The van der Waals surface area contributed by atoms with E-state index in [1.54, 1.807) is 6.07 Å². The van der Waals surface area contributed by atoms with Crippen LogP contribution in [0.5, 0.6) is 0 Å². The van der Waals surface area contributed by atoms with E-state index < -0.39 is 5.60 Å². The molecule has 3 aromatic rings. The maximum absolute atomic E-state index is 10.3. The van der Waals surface area contributed by atoms with Gasteiger partial charge in [0.1, 0.15) is 11.6 Å². The Morgan fingerprint density at radius 1 is 1.16 bits per heavy atom. The number of aliphatic hydroxyl groups is 1. The number of aromatic nitrogens is 4. The minimum Gasteiger partial charge on any atom is -0.389 e. The largest absolute Gasteiger partial charge is 0.389 e. The van der Waals surface area contributed by atoms with Gasteiger partial charge in [0.15, 0.2) is 5.65 Å². The van der Waals surface area contributed by atoms with Crippen molar-refractivity contribution in [3.63, 3.8) is 0 Å². The highest BCUT2D eigenvalue weighted by molar-refractivity contribution is 6.36. The number of rotatable bonds is 7. The average Bonchev–Trinajstić information content (AvgIpc) is 3.24. The van der Waals surface area contributed by atoms with Gasteiger partial charge in [-0.25, -0.2) is 0 Å². The van der Waals surface area contributed by atoms with Crippen molar-refractivity contribution in [1.82, 2.24) is 24.5 Å². The number of fused-ring (bicyclic) bond motifs is 3. The van der Waals surface area contributed by atoms with E-state index in [-0.39, 0.29) is 12.0 Å². The standard InChI is InChI=1S/C25H27ClN10O/c1-25(2,37)13-34-11-18-7-17(34)12-35(18)20-6-14(8-27)5-19(21(20)26)31-23-32-22-15(9-28)10-29-36(22)24(33-23)30-16-3-4-16/h5-6,10,16-18,37H,3-4,7,11-13H2,1-2H3,(H2,30,31,32,33)/t17-,18-/m0/s1. The van der Waals surface area contributed by atoms with Crippen molar-refractivity contribution in [2.75, 3.05) is 35.2 Å². The van der Waals surface area contributed by atoms with Crippen LogP contribution in [0, 0.1) is 22.7 Å². The highest BCUT2D eigenvalue weighted by Crippen LogP contribution is 2.42. The molecule has 2 aliphatic heterocycles. The Kier molecular flexibility index (Phi) is 5.60. The van der Waals surface area contributed by atoms with Crippen LogP contribution in [0.3, 0.4) is 0 Å². The van der Waals surface area contributed by atoms with E-state index >= 15 is 0 Å². The van der Waals surface area contributed by atoms with Crippen LogP contribution in [0.25, 0.3) is 5.65 Å². The van der Waals surface area contributed by atoms with Crippen LogP contribution in [0.15, 0.2) is 18.3 Å². The molecule has 1 aliphatic carbocycles. The van der Waals surface area contributed by atoms with Gasteiger partial charge in [-0.15, -0.1) is 0 Å². The second kappa shape index (κ2) is 8.73. The zero-order chi connectivity index (χ0) is 25.9. The molecule has 2 bridgehead atoms. The average molecular weight is 519 g/mol. The summed E-state index contributed by atoms with van der Waals surface area (Å²) in [6, 6.07) is 8.76. The van der Waals surface area contributed by atoms with Crippen LogP contribution in [-0.2, 0) is 0 Å². The molecule has 2 aromatic heterocycles. The molecule has 37 heavy (non-hydrogen) atoms. The van der Waals surface area contributed by atoms with Crippen LogP contribution in [0.2, 0.25) is 5.02 Å². The van der Waals surface area contributed by atoms with E-state index in [1.807, 2.05) is 19.9 Å². The lowest BCUT2D eigenvalue weighted by molar-refractivity contribution is 0.0299. The quantitative estimate of drug-likeness (QED) is 0.427. The molecular formula is C25H27ClN10O. The summed E-state index contributed by atoms with van der Waals surface area (Å²) in [7, 11) is 0. The Bertz CT molecular complexity index is 1460. The van der Waals surface area contributed by atoms with Gasteiger partial charge in [-0.3, -0.25) is 4.90 Å². The lowest BCUT2D eigenvalue weighted by atomic mass is 10.1. The zero-order valence-electron chi connectivity index (χ0n) is 20.6. The van der Waals surface area contributed by atoms with Gasteiger partial charge in [0.2, 0.25) is 11.9 Å². The summed E-state index contributed by atoms with van der Waals surface area (Å²) >= 11 is 6.93. The fourth-order valence-electron chi connectivity index (χ4n) is 5.35. The molecule has 0 amide bonds. The van der Waals surface area contributed by atoms with Gasteiger partial charge < -0.3 is 20.6 Å². The van der Waals surface area contributed by atoms with Crippen molar-refractivity contribution in [3.05, 3.63) is 34.5 Å². The van der Waals surface area contributed by atoms with E-state index in [0.717, 1.165) is 38.0 Å². The van der Waals surface area contributed by atoms with Crippen LogP contribution >= 0.6 is 11.6 Å². The van der Waals surface area contributed by atoms with E-state index in [9.17, 15) is 15.6 Å². The number of nitriles is 2. The fourth-order valence-corrected chi connectivity index (χ4v) is 5.61. The van der Waals surface area contributed by atoms with Gasteiger partial charge in [-0.1, -0.05) is 11.6 Å². The van der Waals surface area contributed by atoms with Gasteiger partial charge in [0, 0.05) is 37.8 Å².